The first-order valence-electron chi connectivity index (χ1n) is 5.75. The lowest BCUT2D eigenvalue weighted by Crippen LogP contribution is -2.21. The van der Waals surface area contributed by atoms with Gasteiger partial charge in [-0.05, 0) is 5.92 Å². The molecule has 3 rings (SSSR count). The molecule has 84 valence electrons. The van der Waals surface area contributed by atoms with Gasteiger partial charge in [0.2, 0.25) is 0 Å². The number of fused-ring (bicyclic) bond motifs is 5. The van der Waals surface area contributed by atoms with Crippen LogP contribution in [-0.2, 0) is 14.3 Å². The monoisotopic (exact) mass is 218 g/mol. The number of carbonyl (C=O) groups is 2. The zero-order chi connectivity index (χ0) is 11.4. The summed E-state index contributed by atoms with van der Waals surface area (Å²) in [6, 6.07) is 0. The van der Waals surface area contributed by atoms with Gasteiger partial charge in [-0.15, -0.1) is 0 Å². The third-order valence-corrected chi connectivity index (χ3v) is 3.73. The summed E-state index contributed by atoms with van der Waals surface area (Å²) < 4.78 is 4.72. The number of esters is 2. The lowest BCUT2D eigenvalue weighted by molar-refractivity contribution is -0.154. The Kier molecular flexibility index (Phi) is 1.88. The van der Waals surface area contributed by atoms with Crippen molar-refractivity contribution in [3.05, 3.63) is 23.8 Å². The van der Waals surface area contributed by atoms with Crippen molar-refractivity contribution in [3.63, 3.8) is 0 Å². The molecule has 0 aromatic carbocycles. The van der Waals surface area contributed by atoms with Crippen LogP contribution < -0.4 is 0 Å². The van der Waals surface area contributed by atoms with Crippen LogP contribution in [0, 0.1) is 29.6 Å². The van der Waals surface area contributed by atoms with Crippen LogP contribution in [0.15, 0.2) is 23.8 Å². The van der Waals surface area contributed by atoms with Gasteiger partial charge in [-0.25, -0.2) is 0 Å². The lowest BCUT2D eigenvalue weighted by Gasteiger charge is -2.11. The van der Waals surface area contributed by atoms with E-state index in [9.17, 15) is 9.59 Å². The van der Waals surface area contributed by atoms with Crippen LogP contribution in [0.1, 0.15) is 13.8 Å². The second-order valence-corrected chi connectivity index (χ2v) is 5.14. The van der Waals surface area contributed by atoms with Crippen molar-refractivity contribution >= 4 is 11.9 Å². The molecule has 0 spiro atoms. The van der Waals surface area contributed by atoms with Gasteiger partial charge in [-0.2, -0.15) is 0 Å². The second kappa shape index (κ2) is 3.06. The molecule has 0 unspecified atom stereocenters. The molecule has 1 saturated heterocycles. The molecule has 16 heavy (non-hydrogen) atoms. The molecular weight excluding hydrogens is 204 g/mol. The zero-order valence-corrected chi connectivity index (χ0v) is 9.34. The predicted octanol–water partition coefficient (Wildman–Crippen LogP) is 1.70. The largest absolute Gasteiger partial charge is 0.393 e. The minimum atomic E-state index is -0.332. The standard InChI is InChI=1S/C13H14O3/c1-6(2)5-9-7-3-4-8(9)11-10(7)12(14)16-13(11)15/h3-8,10-11H,1-2H3/t7-,8+,10+,11-. The summed E-state index contributed by atoms with van der Waals surface area (Å²) in [5, 5.41) is 0. The van der Waals surface area contributed by atoms with E-state index in [1.807, 2.05) is 0 Å². The van der Waals surface area contributed by atoms with E-state index >= 15 is 0 Å². The van der Waals surface area contributed by atoms with Crippen LogP contribution in [0.2, 0.25) is 0 Å². The highest BCUT2D eigenvalue weighted by molar-refractivity contribution is 5.99. The van der Waals surface area contributed by atoms with Gasteiger partial charge < -0.3 is 4.74 Å². The first kappa shape index (κ1) is 9.82. The van der Waals surface area contributed by atoms with Gasteiger partial charge in [-0.3, -0.25) is 9.59 Å². The van der Waals surface area contributed by atoms with Crippen LogP contribution >= 0.6 is 0 Å². The number of carbonyl (C=O) groups excluding carboxylic acids is 2. The van der Waals surface area contributed by atoms with E-state index in [-0.39, 0.29) is 35.6 Å². The highest BCUT2D eigenvalue weighted by Gasteiger charge is 2.60. The smallest absolute Gasteiger partial charge is 0.318 e. The Morgan fingerprint density at radius 2 is 1.62 bits per heavy atom. The number of cyclic esters (lactones) is 2. The third-order valence-electron chi connectivity index (χ3n) is 3.73. The van der Waals surface area contributed by atoms with E-state index in [0.717, 1.165) is 0 Å². The Balaban J connectivity index is 2.03. The molecule has 1 saturated carbocycles. The highest BCUT2D eigenvalue weighted by Crippen LogP contribution is 2.55. The van der Waals surface area contributed by atoms with Gasteiger partial charge in [0.25, 0.3) is 0 Å². The molecular formula is C13H14O3. The molecule has 3 aliphatic rings. The second-order valence-electron chi connectivity index (χ2n) is 5.14. The van der Waals surface area contributed by atoms with Gasteiger partial charge >= 0.3 is 11.9 Å². The lowest BCUT2D eigenvalue weighted by atomic mass is 9.85. The van der Waals surface area contributed by atoms with Crippen molar-refractivity contribution in [1.82, 2.24) is 0 Å². The molecule has 0 aromatic rings. The summed E-state index contributed by atoms with van der Waals surface area (Å²) in [5.41, 5.74) is 1.25. The van der Waals surface area contributed by atoms with Crippen molar-refractivity contribution in [2.24, 2.45) is 29.6 Å². The van der Waals surface area contributed by atoms with Crippen LogP contribution in [0.25, 0.3) is 0 Å². The van der Waals surface area contributed by atoms with Crippen LogP contribution in [0.3, 0.4) is 0 Å². The van der Waals surface area contributed by atoms with Crippen LogP contribution in [-0.4, -0.2) is 11.9 Å². The van der Waals surface area contributed by atoms with Crippen molar-refractivity contribution in [2.75, 3.05) is 0 Å². The molecule has 3 nitrogen and oxygen atoms in total. The Bertz CT molecular complexity index is 398. The van der Waals surface area contributed by atoms with Crippen LogP contribution in [0.4, 0.5) is 0 Å². The maximum absolute atomic E-state index is 11.6. The summed E-state index contributed by atoms with van der Waals surface area (Å²) in [4.78, 5) is 23.2. The van der Waals surface area contributed by atoms with Crippen molar-refractivity contribution in [3.8, 4) is 0 Å². The number of hydrogen-bond acceptors (Lipinski definition) is 3. The number of allylic oxidation sites excluding steroid dienone is 4. The van der Waals surface area contributed by atoms with E-state index in [4.69, 9.17) is 4.74 Å². The summed E-state index contributed by atoms with van der Waals surface area (Å²) in [6.07, 6.45) is 6.30. The summed E-state index contributed by atoms with van der Waals surface area (Å²) in [7, 11) is 0. The molecule has 0 amide bonds. The van der Waals surface area contributed by atoms with Gasteiger partial charge in [0.05, 0.1) is 11.8 Å². The summed E-state index contributed by atoms with van der Waals surface area (Å²) >= 11 is 0. The highest BCUT2D eigenvalue weighted by atomic mass is 16.6. The van der Waals surface area contributed by atoms with Gasteiger partial charge in [0, 0.05) is 11.8 Å². The molecule has 2 fully saturated rings. The third kappa shape index (κ3) is 1.09. The maximum atomic E-state index is 11.6. The van der Waals surface area contributed by atoms with E-state index in [1.165, 1.54) is 5.57 Å². The Hall–Kier alpha value is -1.38. The molecule has 4 atom stereocenters. The minimum absolute atomic E-state index is 0.108. The SMILES string of the molecule is CC(C)C=C1[C@H]2C=C[C@@H]1[C@H]1C(=O)OC(=O)[C@H]12. The first-order chi connectivity index (χ1) is 7.59. The number of ether oxygens (including phenoxy) is 1. The molecule has 0 radical (unpaired) electrons. The minimum Gasteiger partial charge on any atom is -0.393 e. The van der Waals surface area contributed by atoms with E-state index in [0.29, 0.717) is 5.92 Å². The Morgan fingerprint density at radius 1 is 1.12 bits per heavy atom. The van der Waals surface area contributed by atoms with Gasteiger partial charge in [-0.1, -0.05) is 37.6 Å². The fraction of sp³-hybridized carbons (Fsp3) is 0.538. The Morgan fingerprint density at radius 3 is 2.06 bits per heavy atom. The quantitative estimate of drug-likeness (QED) is 0.382. The molecule has 2 aliphatic carbocycles. The average Bonchev–Trinajstić information content (AvgIpc) is 2.79. The number of rotatable bonds is 1. The molecule has 0 N–H and O–H groups in total. The van der Waals surface area contributed by atoms with Gasteiger partial charge in [0.15, 0.2) is 0 Å². The normalized spacial score (nSPS) is 42.3. The fourth-order valence-electron chi connectivity index (χ4n) is 3.21. The molecule has 3 heteroatoms. The van der Waals surface area contributed by atoms with Crippen molar-refractivity contribution in [1.29, 1.82) is 0 Å². The van der Waals surface area contributed by atoms with Crippen molar-refractivity contribution in [2.45, 2.75) is 13.8 Å². The molecule has 1 aliphatic heterocycles. The van der Waals surface area contributed by atoms with E-state index in [2.05, 4.69) is 32.1 Å². The van der Waals surface area contributed by atoms with E-state index in [1.54, 1.807) is 0 Å². The topological polar surface area (TPSA) is 43.4 Å². The first-order valence-corrected chi connectivity index (χ1v) is 5.75. The fourth-order valence-corrected chi connectivity index (χ4v) is 3.21. The molecule has 0 aromatic heterocycles. The van der Waals surface area contributed by atoms with Gasteiger partial charge in [0.1, 0.15) is 0 Å². The predicted molar refractivity (Wildman–Crippen MR) is 57.1 cm³/mol. The Labute approximate surface area is 94.2 Å². The molecule has 2 bridgehead atoms. The number of hydrogen-bond donors (Lipinski definition) is 0. The summed E-state index contributed by atoms with van der Waals surface area (Å²) in [6.45, 7) is 4.22. The maximum Gasteiger partial charge on any atom is 0.318 e. The van der Waals surface area contributed by atoms with Crippen molar-refractivity contribution < 1.29 is 14.3 Å². The van der Waals surface area contributed by atoms with Crippen LogP contribution in [0.5, 0.6) is 0 Å². The molecule has 1 heterocycles. The average molecular weight is 218 g/mol. The van der Waals surface area contributed by atoms with E-state index < -0.39 is 0 Å². The zero-order valence-electron chi connectivity index (χ0n) is 9.34. The summed E-state index contributed by atoms with van der Waals surface area (Å²) in [5.74, 6) is -0.486.